The van der Waals surface area contributed by atoms with Gasteiger partial charge in [0.15, 0.2) is 5.82 Å². The minimum Gasteiger partial charge on any atom is -0.368 e. The molecule has 5 rings (SSSR count). The summed E-state index contributed by atoms with van der Waals surface area (Å²) < 4.78 is 13.3. The molecule has 0 amide bonds. The smallest absolute Gasteiger partial charge is 0.221 e. The number of hydrogen-bond donors (Lipinski definition) is 4. The molecule has 1 aromatic carbocycles. The zero-order valence-corrected chi connectivity index (χ0v) is 15.1. The van der Waals surface area contributed by atoms with E-state index in [1.165, 1.54) is 0 Å². The van der Waals surface area contributed by atoms with Crippen LogP contribution in [0, 0.1) is 0 Å². The molecule has 3 atom stereocenters. The molecule has 1 aliphatic carbocycles. The third-order valence-corrected chi connectivity index (χ3v) is 5.20. The summed E-state index contributed by atoms with van der Waals surface area (Å²) in [6.45, 7) is 2.07. The van der Waals surface area contributed by atoms with Gasteiger partial charge < -0.3 is 16.0 Å². The zero-order valence-electron chi connectivity index (χ0n) is 15.1. The fourth-order valence-corrected chi connectivity index (χ4v) is 3.42. The number of nitrogens with one attached hydrogen (secondary N) is 3. The highest BCUT2D eigenvalue weighted by Crippen LogP contribution is 2.43. The van der Waals surface area contributed by atoms with Gasteiger partial charge in [0, 0.05) is 35.4 Å². The maximum Gasteiger partial charge on any atom is 0.221 e. The van der Waals surface area contributed by atoms with Crippen molar-refractivity contribution in [2.24, 2.45) is 0 Å². The Morgan fingerprint density at radius 2 is 2.14 bits per heavy atom. The van der Waals surface area contributed by atoms with Crippen LogP contribution in [0.2, 0.25) is 0 Å². The van der Waals surface area contributed by atoms with E-state index in [1.807, 2.05) is 18.2 Å². The number of alkyl halides is 1. The van der Waals surface area contributed by atoms with E-state index in [0.29, 0.717) is 18.1 Å². The van der Waals surface area contributed by atoms with Gasteiger partial charge in [-0.05, 0) is 24.1 Å². The van der Waals surface area contributed by atoms with Gasteiger partial charge in [-0.1, -0.05) is 13.0 Å². The number of nitrogens with two attached hydrogens (primary N) is 1. The third-order valence-electron chi connectivity index (χ3n) is 5.20. The van der Waals surface area contributed by atoms with Crippen LogP contribution in [-0.2, 0) is 0 Å². The Labute approximate surface area is 159 Å². The van der Waals surface area contributed by atoms with E-state index in [9.17, 15) is 4.39 Å². The van der Waals surface area contributed by atoms with Gasteiger partial charge in [0.25, 0.3) is 0 Å². The molecule has 0 spiro atoms. The first-order chi connectivity index (χ1) is 13.6. The largest absolute Gasteiger partial charge is 0.368 e. The van der Waals surface area contributed by atoms with Gasteiger partial charge in [0.05, 0.1) is 17.4 Å². The standard InChI is InChI=1S/C19H19FN8/c1-9(10-2-3-14-16(4-10)24-8-23-14)12-7-22-19(21)26-18(12)25-17-6-15(27-28-17)11-5-13(11)20/h2-4,6-9,11,13H,5H2,1H3,(H,23,24)(H4,21,22,25,26,27,28)/t9-,11+,13-/m0/s1. The van der Waals surface area contributed by atoms with Crippen LogP contribution in [0.25, 0.3) is 11.0 Å². The van der Waals surface area contributed by atoms with Crippen LogP contribution < -0.4 is 11.1 Å². The summed E-state index contributed by atoms with van der Waals surface area (Å²) in [6.07, 6.45) is 3.16. The summed E-state index contributed by atoms with van der Waals surface area (Å²) in [4.78, 5) is 15.9. The number of nitrogens with zero attached hydrogens (tertiary/aromatic N) is 4. The van der Waals surface area contributed by atoms with Crippen molar-refractivity contribution >= 4 is 28.6 Å². The quantitative estimate of drug-likeness (QED) is 0.422. The number of nitrogen functional groups attached to an aromatic ring is 1. The van der Waals surface area contributed by atoms with Crippen molar-refractivity contribution in [1.82, 2.24) is 30.1 Å². The monoisotopic (exact) mass is 378 g/mol. The van der Waals surface area contributed by atoms with Crippen LogP contribution in [0.3, 0.4) is 0 Å². The summed E-state index contributed by atoms with van der Waals surface area (Å²) in [5.74, 6) is 1.25. The number of benzene rings is 1. The third kappa shape index (κ3) is 2.94. The lowest BCUT2D eigenvalue weighted by Crippen LogP contribution is -2.07. The molecule has 4 aromatic rings. The van der Waals surface area contributed by atoms with Crippen LogP contribution >= 0.6 is 0 Å². The van der Waals surface area contributed by atoms with Crippen molar-refractivity contribution in [3.63, 3.8) is 0 Å². The molecule has 0 saturated heterocycles. The molecule has 3 aromatic heterocycles. The fourth-order valence-electron chi connectivity index (χ4n) is 3.42. The Morgan fingerprint density at radius 3 is 2.96 bits per heavy atom. The molecule has 0 bridgehead atoms. The number of hydrogen-bond acceptors (Lipinski definition) is 6. The molecule has 3 heterocycles. The normalized spacial score (nSPS) is 19.6. The highest BCUT2D eigenvalue weighted by atomic mass is 19.1. The molecular formula is C19H19FN8. The van der Waals surface area contributed by atoms with E-state index in [1.54, 1.807) is 12.5 Å². The topological polar surface area (TPSA) is 121 Å². The van der Waals surface area contributed by atoms with Crippen molar-refractivity contribution in [3.8, 4) is 0 Å². The van der Waals surface area contributed by atoms with Crippen molar-refractivity contribution in [3.05, 3.63) is 53.6 Å². The van der Waals surface area contributed by atoms with Crippen LogP contribution in [0.5, 0.6) is 0 Å². The van der Waals surface area contributed by atoms with Gasteiger partial charge >= 0.3 is 0 Å². The second-order valence-electron chi connectivity index (χ2n) is 7.12. The summed E-state index contributed by atoms with van der Waals surface area (Å²) in [5, 5.41) is 10.3. The van der Waals surface area contributed by atoms with Gasteiger partial charge in [0.2, 0.25) is 5.95 Å². The van der Waals surface area contributed by atoms with Crippen molar-refractivity contribution in [1.29, 1.82) is 0 Å². The number of aromatic nitrogens is 6. The van der Waals surface area contributed by atoms with Crippen molar-refractivity contribution in [2.75, 3.05) is 11.1 Å². The lowest BCUT2D eigenvalue weighted by atomic mass is 9.94. The number of imidazole rings is 1. The number of fused-ring (bicyclic) bond motifs is 1. The average molecular weight is 378 g/mol. The van der Waals surface area contributed by atoms with Crippen LogP contribution in [0.1, 0.15) is 42.0 Å². The average Bonchev–Trinajstić information content (AvgIpc) is 3.09. The Hall–Kier alpha value is -3.49. The first kappa shape index (κ1) is 16.7. The molecular weight excluding hydrogens is 359 g/mol. The van der Waals surface area contributed by atoms with E-state index in [-0.39, 0.29) is 17.8 Å². The summed E-state index contributed by atoms with van der Waals surface area (Å²) >= 11 is 0. The van der Waals surface area contributed by atoms with Crippen LogP contribution in [0.15, 0.2) is 36.8 Å². The van der Waals surface area contributed by atoms with Gasteiger partial charge in [-0.2, -0.15) is 10.1 Å². The minimum atomic E-state index is -0.782. The maximum absolute atomic E-state index is 13.3. The van der Waals surface area contributed by atoms with Gasteiger partial charge in [-0.25, -0.2) is 14.4 Å². The van der Waals surface area contributed by atoms with Crippen molar-refractivity contribution < 1.29 is 4.39 Å². The lowest BCUT2D eigenvalue weighted by molar-refractivity contribution is 0.466. The summed E-state index contributed by atoms with van der Waals surface area (Å²) in [7, 11) is 0. The molecule has 0 aliphatic heterocycles. The first-order valence-corrected chi connectivity index (χ1v) is 9.10. The molecule has 1 aliphatic rings. The molecule has 0 radical (unpaired) electrons. The number of rotatable bonds is 5. The first-order valence-electron chi connectivity index (χ1n) is 9.10. The van der Waals surface area contributed by atoms with Gasteiger partial charge in [-0.3, -0.25) is 5.10 Å². The maximum atomic E-state index is 13.3. The number of H-pyrrole nitrogens is 2. The Balaban J connectivity index is 1.46. The fraction of sp³-hybridized carbons (Fsp3) is 0.263. The predicted octanol–water partition coefficient (Wildman–Crippen LogP) is 3.38. The molecule has 8 nitrogen and oxygen atoms in total. The summed E-state index contributed by atoms with van der Waals surface area (Å²) in [5.41, 5.74) is 10.5. The second kappa shape index (κ2) is 6.29. The van der Waals surface area contributed by atoms with Gasteiger partial charge in [-0.15, -0.1) is 0 Å². The molecule has 28 heavy (non-hydrogen) atoms. The molecule has 9 heteroatoms. The van der Waals surface area contributed by atoms with Crippen molar-refractivity contribution in [2.45, 2.75) is 31.4 Å². The summed E-state index contributed by atoms with van der Waals surface area (Å²) in [6, 6.07) is 7.89. The van der Waals surface area contributed by atoms with E-state index in [4.69, 9.17) is 5.73 Å². The highest BCUT2D eigenvalue weighted by Gasteiger charge is 2.40. The Kier molecular flexibility index (Phi) is 3.75. The second-order valence-corrected chi connectivity index (χ2v) is 7.12. The zero-order chi connectivity index (χ0) is 19.3. The molecule has 0 unspecified atom stereocenters. The molecule has 5 N–H and O–H groups in total. The highest BCUT2D eigenvalue weighted by molar-refractivity contribution is 5.75. The SMILES string of the molecule is C[C@@H](c1ccc2nc[nH]c2c1)c1cnc(N)nc1Nc1cc([C@@H]2C[C@@H]2F)[nH]n1. The Morgan fingerprint density at radius 1 is 1.29 bits per heavy atom. The lowest BCUT2D eigenvalue weighted by Gasteiger charge is -2.16. The molecule has 1 fully saturated rings. The van der Waals surface area contributed by atoms with E-state index >= 15 is 0 Å². The van der Waals surface area contributed by atoms with E-state index in [2.05, 4.69) is 48.4 Å². The van der Waals surface area contributed by atoms with E-state index in [0.717, 1.165) is 27.9 Å². The minimum absolute atomic E-state index is 0.00728. The predicted molar refractivity (Wildman–Crippen MR) is 104 cm³/mol. The number of aromatic amines is 2. The van der Waals surface area contributed by atoms with Crippen LogP contribution in [0.4, 0.5) is 22.0 Å². The Bertz CT molecular complexity index is 1150. The van der Waals surface area contributed by atoms with Gasteiger partial charge in [0.1, 0.15) is 12.0 Å². The number of halogens is 1. The number of anilines is 3. The van der Waals surface area contributed by atoms with E-state index < -0.39 is 6.17 Å². The molecule has 1 saturated carbocycles. The van der Waals surface area contributed by atoms with Crippen LogP contribution in [-0.4, -0.2) is 36.3 Å². The molecule has 142 valence electrons.